The number of aliphatic carboxylic acids is 1. The lowest BCUT2D eigenvalue weighted by atomic mass is 10.2. The summed E-state index contributed by atoms with van der Waals surface area (Å²) in [6.07, 6.45) is 4.64. The third-order valence-corrected chi connectivity index (χ3v) is 2.81. The number of carbonyl (C=O) groups is 2. The Morgan fingerprint density at radius 3 is 2.60 bits per heavy atom. The fraction of sp³-hybridized carbons (Fsp3) is 0.643. The molecule has 0 saturated heterocycles. The Hall–Kier alpha value is -2.03. The molecule has 1 unspecified atom stereocenters. The van der Waals surface area contributed by atoms with E-state index in [9.17, 15) is 9.59 Å². The first-order valence-electron chi connectivity index (χ1n) is 6.87. The van der Waals surface area contributed by atoms with Gasteiger partial charge in [-0.15, -0.1) is 0 Å². The van der Waals surface area contributed by atoms with Crippen molar-refractivity contribution in [3.8, 4) is 6.07 Å². The van der Waals surface area contributed by atoms with Crippen LogP contribution in [0.1, 0.15) is 46.0 Å². The van der Waals surface area contributed by atoms with Gasteiger partial charge < -0.3 is 15.7 Å². The summed E-state index contributed by atoms with van der Waals surface area (Å²) in [5, 5.41) is 23.0. The van der Waals surface area contributed by atoms with Crippen molar-refractivity contribution in [2.45, 2.75) is 52.0 Å². The zero-order chi connectivity index (χ0) is 15.4. The number of carboxylic acid groups (broad SMARTS) is 1. The second kappa shape index (κ2) is 10.9. The van der Waals surface area contributed by atoms with Crippen molar-refractivity contribution in [3.63, 3.8) is 0 Å². The fourth-order valence-corrected chi connectivity index (χ4v) is 1.41. The van der Waals surface area contributed by atoms with Crippen LogP contribution in [0.4, 0.5) is 0 Å². The Morgan fingerprint density at radius 2 is 2.05 bits per heavy atom. The molecule has 3 N–H and O–H groups in total. The zero-order valence-electron chi connectivity index (χ0n) is 12.1. The van der Waals surface area contributed by atoms with E-state index in [1.54, 1.807) is 0 Å². The molecule has 0 aliphatic rings. The number of carboxylic acids is 1. The van der Waals surface area contributed by atoms with Gasteiger partial charge in [0.15, 0.2) is 0 Å². The van der Waals surface area contributed by atoms with Gasteiger partial charge in [0.2, 0.25) is 0 Å². The zero-order valence-corrected chi connectivity index (χ0v) is 12.1. The van der Waals surface area contributed by atoms with Gasteiger partial charge in [-0.05, 0) is 26.2 Å². The van der Waals surface area contributed by atoms with Crippen LogP contribution in [0.2, 0.25) is 0 Å². The lowest BCUT2D eigenvalue weighted by molar-refractivity contribution is -0.137. The van der Waals surface area contributed by atoms with Gasteiger partial charge in [-0.25, -0.2) is 0 Å². The molecule has 0 aromatic carbocycles. The minimum Gasteiger partial charge on any atom is -0.481 e. The molecule has 0 aromatic rings. The molecule has 0 saturated carbocycles. The second-order valence-electron chi connectivity index (χ2n) is 4.61. The molecule has 6 heteroatoms. The number of hydrogen-bond donors (Lipinski definition) is 3. The standard InChI is InChI=1S/C14H23N3O3/c1-3-11(2)17-14(20)12(9-15)10-16-8-6-4-5-7-13(18)19/h10-11,16H,3-8H2,1-2H3,(H,17,20)(H,18,19)/b12-10-. The molecular weight excluding hydrogens is 258 g/mol. The maximum Gasteiger partial charge on any atom is 0.303 e. The van der Waals surface area contributed by atoms with E-state index in [0.29, 0.717) is 13.0 Å². The molecule has 0 aromatic heterocycles. The quantitative estimate of drug-likeness (QED) is 0.320. The number of nitriles is 1. The molecule has 112 valence electrons. The minimum atomic E-state index is -0.786. The summed E-state index contributed by atoms with van der Waals surface area (Å²) in [5.74, 6) is -1.16. The third-order valence-electron chi connectivity index (χ3n) is 2.81. The second-order valence-corrected chi connectivity index (χ2v) is 4.61. The van der Waals surface area contributed by atoms with Crippen molar-refractivity contribution in [1.29, 1.82) is 5.26 Å². The predicted octanol–water partition coefficient (Wildman–Crippen LogP) is 1.54. The van der Waals surface area contributed by atoms with Crippen molar-refractivity contribution >= 4 is 11.9 Å². The highest BCUT2D eigenvalue weighted by atomic mass is 16.4. The summed E-state index contributed by atoms with van der Waals surface area (Å²) in [6.45, 7) is 4.44. The molecule has 0 bridgehead atoms. The summed E-state index contributed by atoms with van der Waals surface area (Å²) in [5.41, 5.74) is 0.0517. The molecule has 1 amide bonds. The summed E-state index contributed by atoms with van der Waals surface area (Å²) in [6, 6.07) is 1.89. The minimum absolute atomic E-state index is 0.0373. The lowest BCUT2D eigenvalue weighted by Gasteiger charge is -2.10. The van der Waals surface area contributed by atoms with Crippen LogP contribution in [0.15, 0.2) is 11.8 Å². The Morgan fingerprint density at radius 1 is 1.35 bits per heavy atom. The molecule has 0 fully saturated rings. The van der Waals surface area contributed by atoms with Crippen LogP contribution in [0.5, 0.6) is 0 Å². The van der Waals surface area contributed by atoms with Gasteiger partial charge in [0, 0.05) is 25.2 Å². The first-order chi connectivity index (χ1) is 9.51. The largest absolute Gasteiger partial charge is 0.481 e. The van der Waals surface area contributed by atoms with Crippen LogP contribution in [-0.2, 0) is 9.59 Å². The third kappa shape index (κ3) is 8.97. The highest BCUT2D eigenvalue weighted by Crippen LogP contribution is 1.99. The van der Waals surface area contributed by atoms with Crippen LogP contribution in [0.25, 0.3) is 0 Å². The fourth-order valence-electron chi connectivity index (χ4n) is 1.41. The average Bonchev–Trinajstić information content (AvgIpc) is 2.41. The lowest BCUT2D eigenvalue weighted by Crippen LogP contribution is -2.33. The number of carbonyl (C=O) groups excluding carboxylic acids is 1. The molecule has 0 spiro atoms. The van der Waals surface area contributed by atoms with Crippen LogP contribution < -0.4 is 10.6 Å². The number of hydrogen-bond acceptors (Lipinski definition) is 4. The van der Waals surface area contributed by atoms with Crippen LogP contribution >= 0.6 is 0 Å². The molecule has 0 rings (SSSR count). The molecular formula is C14H23N3O3. The highest BCUT2D eigenvalue weighted by molar-refractivity contribution is 5.97. The SMILES string of the molecule is CCC(C)NC(=O)/C(C#N)=C\NCCCCCC(=O)O. The van der Waals surface area contributed by atoms with E-state index < -0.39 is 5.97 Å². The first kappa shape index (κ1) is 18.0. The van der Waals surface area contributed by atoms with Crippen molar-refractivity contribution in [2.24, 2.45) is 0 Å². The van der Waals surface area contributed by atoms with Gasteiger partial charge in [-0.3, -0.25) is 9.59 Å². The van der Waals surface area contributed by atoms with E-state index in [0.717, 1.165) is 19.3 Å². The van der Waals surface area contributed by atoms with Crippen LogP contribution in [0, 0.1) is 11.3 Å². The summed E-state index contributed by atoms with van der Waals surface area (Å²) < 4.78 is 0. The number of unbranched alkanes of at least 4 members (excludes halogenated alkanes) is 2. The van der Waals surface area contributed by atoms with E-state index in [4.69, 9.17) is 10.4 Å². The molecule has 0 aliphatic carbocycles. The van der Waals surface area contributed by atoms with Gasteiger partial charge >= 0.3 is 5.97 Å². The average molecular weight is 281 g/mol. The monoisotopic (exact) mass is 281 g/mol. The van der Waals surface area contributed by atoms with Gasteiger partial charge in [-0.1, -0.05) is 13.3 Å². The first-order valence-corrected chi connectivity index (χ1v) is 6.87. The number of rotatable bonds is 10. The van der Waals surface area contributed by atoms with E-state index >= 15 is 0 Å². The van der Waals surface area contributed by atoms with E-state index in [1.165, 1.54) is 6.20 Å². The van der Waals surface area contributed by atoms with E-state index in [-0.39, 0.29) is 23.9 Å². The van der Waals surface area contributed by atoms with Gasteiger partial charge in [-0.2, -0.15) is 5.26 Å². The highest BCUT2D eigenvalue weighted by Gasteiger charge is 2.10. The molecule has 20 heavy (non-hydrogen) atoms. The molecule has 6 nitrogen and oxygen atoms in total. The Balaban J connectivity index is 3.93. The van der Waals surface area contributed by atoms with Crippen molar-refractivity contribution < 1.29 is 14.7 Å². The maximum absolute atomic E-state index is 11.7. The normalized spacial score (nSPS) is 12.3. The topological polar surface area (TPSA) is 102 Å². The summed E-state index contributed by atoms with van der Waals surface area (Å²) in [7, 11) is 0. The summed E-state index contributed by atoms with van der Waals surface area (Å²) >= 11 is 0. The Labute approximate surface area is 119 Å². The molecule has 0 radical (unpaired) electrons. The van der Waals surface area contributed by atoms with E-state index in [1.807, 2.05) is 19.9 Å². The Bertz CT molecular complexity index is 386. The Kier molecular flexibility index (Phi) is 9.75. The predicted molar refractivity (Wildman–Crippen MR) is 75.7 cm³/mol. The molecule has 0 aliphatic heterocycles. The number of nitrogens with one attached hydrogen (secondary N) is 2. The summed E-state index contributed by atoms with van der Waals surface area (Å²) in [4.78, 5) is 22.0. The maximum atomic E-state index is 11.7. The van der Waals surface area contributed by atoms with Crippen LogP contribution in [0.3, 0.4) is 0 Å². The van der Waals surface area contributed by atoms with Crippen molar-refractivity contribution in [1.82, 2.24) is 10.6 Å². The molecule has 0 heterocycles. The molecule has 1 atom stereocenters. The number of amides is 1. The van der Waals surface area contributed by atoms with Crippen molar-refractivity contribution in [3.05, 3.63) is 11.8 Å². The van der Waals surface area contributed by atoms with Gasteiger partial charge in [0.25, 0.3) is 5.91 Å². The van der Waals surface area contributed by atoms with Gasteiger partial charge in [0.1, 0.15) is 11.6 Å². The number of nitrogens with zero attached hydrogens (tertiary/aromatic N) is 1. The van der Waals surface area contributed by atoms with Crippen LogP contribution in [-0.4, -0.2) is 29.6 Å². The van der Waals surface area contributed by atoms with Crippen molar-refractivity contribution in [2.75, 3.05) is 6.54 Å². The van der Waals surface area contributed by atoms with E-state index in [2.05, 4.69) is 10.6 Å². The smallest absolute Gasteiger partial charge is 0.303 e. The van der Waals surface area contributed by atoms with Gasteiger partial charge in [0.05, 0.1) is 0 Å².